The topological polar surface area (TPSA) is 51.9 Å². The van der Waals surface area contributed by atoms with Crippen molar-refractivity contribution in [1.29, 1.82) is 0 Å². The summed E-state index contributed by atoms with van der Waals surface area (Å²) in [6, 6.07) is 11.5. The minimum absolute atomic E-state index is 0.0249. The molecule has 112 valence electrons. The number of imidazole rings is 1. The minimum atomic E-state index is -0.0679. The van der Waals surface area contributed by atoms with Crippen LogP contribution in [0.4, 0.5) is 0 Å². The lowest BCUT2D eigenvalue weighted by molar-refractivity contribution is 0.0936. The zero-order valence-electron chi connectivity index (χ0n) is 12.4. The first-order valence-electron chi connectivity index (χ1n) is 7.22. The number of rotatable bonds is 5. The van der Waals surface area contributed by atoms with Crippen molar-refractivity contribution in [3.05, 3.63) is 73.1 Å². The number of amides is 1. The van der Waals surface area contributed by atoms with Gasteiger partial charge < -0.3 is 14.5 Å². The van der Waals surface area contributed by atoms with Gasteiger partial charge in [-0.1, -0.05) is 6.07 Å². The Kier molecular flexibility index (Phi) is 4.05. The molecule has 5 nitrogen and oxygen atoms in total. The normalized spacial score (nSPS) is 12.0. The predicted molar refractivity (Wildman–Crippen MR) is 84.9 cm³/mol. The van der Waals surface area contributed by atoms with Crippen LogP contribution in [0.3, 0.4) is 0 Å². The Morgan fingerprint density at radius 2 is 2.05 bits per heavy atom. The summed E-state index contributed by atoms with van der Waals surface area (Å²) >= 11 is 0. The lowest BCUT2D eigenvalue weighted by atomic mass is 10.1. The number of benzene rings is 1. The van der Waals surface area contributed by atoms with E-state index in [1.165, 1.54) is 0 Å². The second kappa shape index (κ2) is 6.30. The highest BCUT2D eigenvalue weighted by molar-refractivity contribution is 5.94. The van der Waals surface area contributed by atoms with Crippen LogP contribution in [-0.2, 0) is 6.54 Å². The molecule has 2 aromatic heterocycles. The highest BCUT2D eigenvalue weighted by Gasteiger charge is 2.11. The molecule has 1 amide bonds. The molecular formula is C17H18N4O. The fraction of sp³-hybridized carbons (Fsp3) is 0.176. The molecule has 0 spiro atoms. The van der Waals surface area contributed by atoms with Crippen LogP contribution < -0.4 is 5.32 Å². The molecule has 0 aliphatic carbocycles. The van der Waals surface area contributed by atoms with Crippen LogP contribution in [-0.4, -0.2) is 26.1 Å². The van der Waals surface area contributed by atoms with Crippen molar-refractivity contribution < 1.29 is 4.79 Å². The molecule has 0 bridgehead atoms. The van der Waals surface area contributed by atoms with Crippen molar-refractivity contribution in [2.75, 3.05) is 0 Å². The molecule has 3 rings (SSSR count). The monoisotopic (exact) mass is 294 g/mol. The van der Waals surface area contributed by atoms with Crippen LogP contribution in [0.1, 0.15) is 17.3 Å². The number of aromatic nitrogens is 3. The Morgan fingerprint density at radius 1 is 1.23 bits per heavy atom. The molecule has 1 atom stereocenters. The summed E-state index contributed by atoms with van der Waals surface area (Å²) in [6.45, 7) is 2.68. The molecule has 0 radical (unpaired) electrons. The number of carbonyl (C=O) groups excluding carboxylic acids is 1. The van der Waals surface area contributed by atoms with Crippen molar-refractivity contribution in [1.82, 2.24) is 19.4 Å². The fourth-order valence-electron chi connectivity index (χ4n) is 2.38. The largest absolute Gasteiger partial charge is 0.348 e. The van der Waals surface area contributed by atoms with Gasteiger partial charge in [-0.2, -0.15) is 0 Å². The summed E-state index contributed by atoms with van der Waals surface area (Å²) in [5.41, 5.74) is 1.63. The zero-order chi connectivity index (χ0) is 15.4. The second-order valence-electron chi connectivity index (χ2n) is 5.27. The summed E-state index contributed by atoms with van der Waals surface area (Å²) < 4.78 is 3.92. The minimum Gasteiger partial charge on any atom is -0.348 e. The van der Waals surface area contributed by atoms with Gasteiger partial charge in [0.2, 0.25) is 0 Å². The van der Waals surface area contributed by atoms with E-state index in [0.29, 0.717) is 12.1 Å². The molecule has 0 saturated carbocycles. The van der Waals surface area contributed by atoms with Gasteiger partial charge in [0, 0.05) is 48.6 Å². The summed E-state index contributed by atoms with van der Waals surface area (Å²) in [5.74, 6) is -0.0679. The van der Waals surface area contributed by atoms with Gasteiger partial charge in [-0.3, -0.25) is 4.79 Å². The van der Waals surface area contributed by atoms with Crippen molar-refractivity contribution in [3.8, 4) is 5.69 Å². The van der Waals surface area contributed by atoms with Gasteiger partial charge in [-0.05, 0) is 37.3 Å². The average molecular weight is 294 g/mol. The Hall–Kier alpha value is -2.82. The molecule has 3 aromatic rings. The van der Waals surface area contributed by atoms with Crippen LogP contribution in [0.5, 0.6) is 0 Å². The van der Waals surface area contributed by atoms with Gasteiger partial charge in [0.05, 0.1) is 6.33 Å². The first kappa shape index (κ1) is 14.1. The maximum Gasteiger partial charge on any atom is 0.251 e. The Balaban J connectivity index is 1.68. The number of hydrogen-bond acceptors (Lipinski definition) is 2. The standard InChI is InChI=1S/C17H18N4O/c1-14(12-20-10-7-18-13-20)19-17(22)15-5-4-6-16(11-15)21-8-2-3-9-21/h2-11,13-14H,12H2,1H3,(H,19,22). The van der Waals surface area contributed by atoms with Crippen LogP contribution in [0.2, 0.25) is 0 Å². The van der Waals surface area contributed by atoms with E-state index in [2.05, 4.69) is 10.3 Å². The second-order valence-corrected chi connectivity index (χ2v) is 5.27. The molecular weight excluding hydrogens is 276 g/mol. The SMILES string of the molecule is CC(Cn1ccnc1)NC(=O)c1cccc(-n2cccc2)c1. The third kappa shape index (κ3) is 3.25. The van der Waals surface area contributed by atoms with E-state index in [1.807, 2.05) is 71.0 Å². The van der Waals surface area contributed by atoms with Crippen molar-refractivity contribution >= 4 is 5.91 Å². The van der Waals surface area contributed by atoms with E-state index in [-0.39, 0.29) is 11.9 Å². The van der Waals surface area contributed by atoms with Gasteiger partial charge in [0.15, 0.2) is 0 Å². The van der Waals surface area contributed by atoms with E-state index in [9.17, 15) is 4.79 Å². The Labute approximate surface area is 129 Å². The number of hydrogen-bond donors (Lipinski definition) is 1. The summed E-state index contributed by atoms with van der Waals surface area (Å²) in [4.78, 5) is 16.4. The lowest BCUT2D eigenvalue weighted by Crippen LogP contribution is -2.35. The molecule has 2 heterocycles. The zero-order valence-corrected chi connectivity index (χ0v) is 12.4. The van der Waals surface area contributed by atoms with Crippen molar-refractivity contribution in [3.63, 3.8) is 0 Å². The van der Waals surface area contributed by atoms with Gasteiger partial charge in [0.1, 0.15) is 0 Å². The molecule has 0 fully saturated rings. The highest BCUT2D eigenvalue weighted by Crippen LogP contribution is 2.11. The number of nitrogens with zero attached hydrogens (tertiary/aromatic N) is 3. The van der Waals surface area contributed by atoms with E-state index in [1.54, 1.807) is 12.5 Å². The maximum absolute atomic E-state index is 12.4. The van der Waals surface area contributed by atoms with E-state index in [0.717, 1.165) is 5.69 Å². The molecule has 22 heavy (non-hydrogen) atoms. The smallest absolute Gasteiger partial charge is 0.251 e. The lowest BCUT2D eigenvalue weighted by Gasteiger charge is -2.15. The van der Waals surface area contributed by atoms with Gasteiger partial charge in [0.25, 0.3) is 5.91 Å². The molecule has 0 aliphatic heterocycles. The third-order valence-corrected chi connectivity index (χ3v) is 3.43. The Morgan fingerprint density at radius 3 is 2.77 bits per heavy atom. The van der Waals surface area contributed by atoms with Gasteiger partial charge in [-0.15, -0.1) is 0 Å². The predicted octanol–water partition coefficient (Wildman–Crippen LogP) is 2.49. The summed E-state index contributed by atoms with van der Waals surface area (Å²) in [7, 11) is 0. The summed E-state index contributed by atoms with van der Waals surface area (Å²) in [5, 5.41) is 3.01. The van der Waals surface area contributed by atoms with Crippen LogP contribution in [0.15, 0.2) is 67.5 Å². The molecule has 5 heteroatoms. The highest BCUT2D eigenvalue weighted by atomic mass is 16.1. The molecule has 1 N–H and O–H groups in total. The van der Waals surface area contributed by atoms with Crippen LogP contribution in [0, 0.1) is 0 Å². The van der Waals surface area contributed by atoms with E-state index in [4.69, 9.17) is 0 Å². The maximum atomic E-state index is 12.4. The van der Waals surface area contributed by atoms with Gasteiger partial charge >= 0.3 is 0 Å². The number of carbonyl (C=O) groups is 1. The molecule has 0 saturated heterocycles. The van der Waals surface area contributed by atoms with Crippen molar-refractivity contribution in [2.45, 2.75) is 19.5 Å². The number of nitrogens with one attached hydrogen (secondary N) is 1. The van der Waals surface area contributed by atoms with Crippen LogP contribution >= 0.6 is 0 Å². The quantitative estimate of drug-likeness (QED) is 0.786. The molecule has 1 unspecified atom stereocenters. The van der Waals surface area contributed by atoms with E-state index >= 15 is 0 Å². The van der Waals surface area contributed by atoms with E-state index < -0.39 is 0 Å². The van der Waals surface area contributed by atoms with Gasteiger partial charge in [-0.25, -0.2) is 4.98 Å². The molecule has 1 aromatic carbocycles. The fourth-order valence-corrected chi connectivity index (χ4v) is 2.38. The first-order valence-corrected chi connectivity index (χ1v) is 7.22. The Bertz CT molecular complexity index is 732. The first-order chi connectivity index (χ1) is 10.7. The van der Waals surface area contributed by atoms with Crippen LogP contribution in [0.25, 0.3) is 5.69 Å². The summed E-state index contributed by atoms with van der Waals surface area (Å²) in [6.07, 6.45) is 9.27. The molecule has 0 aliphatic rings. The van der Waals surface area contributed by atoms with Crippen molar-refractivity contribution in [2.24, 2.45) is 0 Å². The third-order valence-electron chi connectivity index (χ3n) is 3.43. The average Bonchev–Trinajstić information content (AvgIpc) is 3.20.